The summed E-state index contributed by atoms with van der Waals surface area (Å²) in [5.74, 6) is 0. The van der Waals surface area contributed by atoms with Crippen LogP contribution in [0.15, 0.2) is 24.3 Å². The molecule has 0 heterocycles. The minimum absolute atomic E-state index is 0.109. The average molecular weight is 276 g/mol. The Balaban J connectivity index is 3.02. The van der Waals surface area contributed by atoms with Gasteiger partial charge in [-0.05, 0) is 58.0 Å². The summed E-state index contributed by atoms with van der Waals surface area (Å²) in [5, 5.41) is 1.46. The molecule has 0 aromatic heterocycles. The summed E-state index contributed by atoms with van der Waals surface area (Å²) in [5.41, 5.74) is 9.09. The number of aryl methyl sites for hydroxylation is 1. The number of rotatable bonds is 1. The number of halogens is 1. The molecule has 0 fully saturated rings. The molecule has 0 aliphatic heterocycles. The highest BCUT2D eigenvalue weighted by atomic mass is 35.5. The molecule has 0 saturated heterocycles. The van der Waals surface area contributed by atoms with Crippen LogP contribution in [0.3, 0.4) is 0 Å². The molecule has 19 heavy (non-hydrogen) atoms. The Bertz CT molecular complexity index is 668. The van der Waals surface area contributed by atoms with E-state index in [1.807, 2.05) is 31.2 Å². The standard InChI is InChI=1S/C16H18ClNO/c1-9-5-6-10-7-11(18)8-12(16(2,3)4)14(10)13(9)15(17)19/h5-8H,18H2,1-4H3. The lowest BCUT2D eigenvalue weighted by Crippen LogP contribution is -2.14. The molecule has 0 aliphatic carbocycles. The van der Waals surface area contributed by atoms with Crippen LogP contribution in [-0.2, 0) is 5.41 Å². The van der Waals surface area contributed by atoms with Crippen LogP contribution in [0.4, 0.5) is 5.69 Å². The number of fused-ring (bicyclic) bond motifs is 1. The van der Waals surface area contributed by atoms with Crippen molar-refractivity contribution < 1.29 is 4.79 Å². The number of benzene rings is 2. The molecule has 2 aromatic carbocycles. The number of hydrogen-bond acceptors (Lipinski definition) is 2. The van der Waals surface area contributed by atoms with Crippen molar-refractivity contribution >= 4 is 33.3 Å². The number of carbonyl (C=O) groups is 1. The molecule has 2 N–H and O–H groups in total. The summed E-state index contributed by atoms with van der Waals surface area (Å²) in [4.78, 5) is 11.8. The lowest BCUT2D eigenvalue weighted by atomic mass is 9.81. The van der Waals surface area contributed by atoms with Gasteiger partial charge in [-0.3, -0.25) is 4.79 Å². The maximum atomic E-state index is 11.8. The van der Waals surface area contributed by atoms with E-state index in [4.69, 9.17) is 17.3 Å². The number of nitrogen functional groups attached to an aromatic ring is 1. The second-order valence-corrected chi connectivity index (χ2v) is 6.29. The molecule has 0 aliphatic rings. The van der Waals surface area contributed by atoms with Gasteiger partial charge in [0, 0.05) is 11.3 Å². The molecule has 0 spiro atoms. The molecule has 3 heteroatoms. The molecule has 0 unspecified atom stereocenters. The van der Waals surface area contributed by atoms with Crippen molar-refractivity contribution in [1.29, 1.82) is 0 Å². The van der Waals surface area contributed by atoms with Gasteiger partial charge in [0.1, 0.15) is 0 Å². The summed E-state index contributed by atoms with van der Waals surface area (Å²) in [6.45, 7) is 8.21. The average Bonchev–Trinajstić information content (AvgIpc) is 2.26. The number of hydrogen-bond donors (Lipinski definition) is 1. The summed E-state index contributed by atoms with van der Waals surface area (Å²) >= 11 is 5.78. The fraction of sp³-hybridized carbons (Fsp3) is 0.312. The van der Waals surface area contributed by atoms with Crippen molar-refractivity contribution in [2.75, 3.05) is 5.73 Å². The highest BCUT2D eigenvalue weighted by Crippen LogP contribution is 2.36. The molecule has 2 rings (SSSR count). The van der Waals surface area contributed by atoms with Crippen molar-refractivity contribution in [1.82, 2.24) is 0 Å². The van der Waals surface area contributed by atoms with Crippen LogP contribution < -0.4 is 5.73 Å². The van der Waals surface area contributed by atoms with E-state index in [2.05, 4.69) is 20.8 Å². The highest BCUT2D eigenvalue weighted by molar-refractivity contribution is 6.68. The number of carbonyl (C=O) groups excluding carboxylic acids is 1. The van der Waals surface area contributed by atoms with Gasteiger partial charge in [-0.2, -0.15) is 0 Å². The molecule has 2 nitrogen and oxygen atoms in total. The molecule has 0 atom stereocenters. The van der Waals surface area contributed by atoms with Gasteiger partial charge in [-0.25, -0.2) is 0 Å². The van der Waals surface area contributed by atoms with Crippen molar-refractivity contribution in [3.63, 3.8) is 0 Å². The Hall–Kier alpha value is -1.54. The molecule has 0 radical (unpaired) electrons. The first kappa shape index (κ1) is 13.9. The van der Waals surface area contributed by atoms with E-state index in [0.717, 1.165) is 21.9 Å². The lowest BCUT2D eigenvalue weighted by molar-refractivity contribution is 0.108. The quantitative estimate of drug-likeness (QED) is 0.619. The van der Waals surface area contributed by atoms with E-state index < -0.39 is 5.24 Å². The molecule has 0 amide bonds. The minimum atomic E-state index is -0.418. The van der Waals surface area contributed by atoms with Crippen LogP contribution in [0.2, 0.25) is 0 Å². The van der Waals surface area contributed by atoms with Gasteiger partial charge in [-0.1, -0.05) is 32.9 Å². The zero-order chi connectivity index (χ0) is 14.4. The Morgan fingerprint density at radius 2 is 1.84 bits per heavy atom. The van der Waals surface area contributed by atoms with E-state index in [9.17, 15) is 4.79 Å². The van der Waals surface area contributed by atoms with Gasteiger partial charge in [0.15, 0.2) is 0 Å². The van der Waals surface area contributed by atoms with E-state index in [-0.39, 0.29) is 5.41 Å². The maximum absolute atomic E-state index is 11.8. The summed E-state index contributed by atoms with van der Waals surface area (Å²) in [6.07, 6.45) is 0. The van der Waals surface area contributed by atoms with Gasteiger partial charge in [0.25, 0.3) is 5.24 Å². The molecular weight excluding hydrogens is 258 g/mol. The van der Waals surface area contributed by atoms with Gasteiger partial charge in [-0.15, -0.1) is 0 Å². The third-order valence-electron chi connectivity index (χ3n) is 3.35. The molecule has 100 valence electrons. The van der Waals surface area contributed by atoms with Crippen molar-refractivity contribution in [3.05, 3.63) is 41.0 Å². The second-order valence-electron chi connectivity index (χ2n) is 5.95. The first-order chi connectivity index (χ1) is 8.71. The molecule has 0 bridgehead atoms. The molecule has 0 saturated carbocycles. The van der Waals surface area contributed by atoms with E-state index in [0.29, 0.717) is 11.3 Å². The van der Waals surface area contributed by atoms with Crippen LogP contribution in [0.5, 0.6) is 0 Å². The van der Waals surface area contributed by atoms with Crippen LogP contribution in [0.1, 0.15) is 42.3 Å². The molecular formula is C16H18ClNO. The second kappa shape index (κ2) is 4.53. The Morgan fingerprint density at radius 3 is 2.37 bits per heavy atom. The monoisotopic (exact) mass is 275 g/mol. The van der Waals surface area contributed by atoms with Gasteiger partial charge in [0.2, 0.25) is 0 Å². The number of nitrogens with two attached hydrogens (primary N) is 1. The zero-order valence-electron chi connectivity index (χ0n) is 11.7. The van der Waals surface area contributed by atoms with Crippen molar-refractivity contribution in [3.8, 4) is 0 Å². The predicted molar refractivity (Wildman–Crippen MR) is 82.0 cm³/mol. The maximum Gasteiger partial charge on any atom is 0.253 e. The van der Waals surface area contributed by atoms with Gasteiger partial charge in [0.05, 0.1) is 0 Å². The third-order valence-corrected chi connectivity index (χ3v) is 3.54. The van der Waals surface area contributed by atoms with Crippen LogP contribution in [0.25, 0.3) is 10.8 Å². The Kier molecular flexibility index (Phi) is 3.31. The van der Waals surface area contributed by atoms with Crippen LogP contribution in [0, 0.1) is 6.92 Å². The highest BCUT2D eigenvalue weighted by Gasteiger charge is 2.22. The minimum Gasteiger partial charge on any atom is -0.399 e. The zero-order valence-corrected chi connectivity index (χ0v) is 12.4. The van der Waals surface area contributed by atoms with Crippen LogP contribution >= 0.6 is 11.6 Å². The summed E-state index contributed by atoms with van der Waals surface area (Å²) in [6, 6.07) is 7.71. The van der Waals surface area contributed by atoms with Crippen molar-refractivity contribution in [2.24, 2.45) is 0 Å². The normalized spacial score (nSPS) is 11.8. The third kappa shape index (κ3) is 2.45. The SMILES string of the molecule is Cc1ccc2cc(N)cc(C(C)(C)C)c2c1C(=O)Cl. The van der Waals surface area contributed by atoms with Gasteiger partial charge < -0.3 is 5.73 Å². The summed E-state index contributed by atoms with van der Waals surface area (Å²) < 4.78 is 0. The Morgan fingerprint density at radius 1 is 1.21 bits per heavy atom. The topological polar surface area (TPSA) is 43.1 Å². The van der Waals surface area contributed by atoms with Gasteiger partial charge >= 0.3 is 0 Å². The lowest BCUT2D eigenvalue weighted by Gasteiger charge is -2.23. The van der Waals surface area contributed by atoms with E-state index in [1.165, 1.54) is 0 Å². The van der Waals surface area contributed by atoms with Crippen LogP contribution in [-0.4, -0.2) is 5.24 Å². The summed E-state index contributed by atoms with van der Waals surface area (Å²) in [7, 11) is 0. The fourth-order valence-electron chi connectivity index (χ4n) is 2.44. The van der Waals surface area contributed by atoms with Crippen molar-refractivity contribution in [2.45, 2.75) is 33.1 Å². The first-order valence-electron chi connectivity index (χ1n) is 6.25. The van der Waals surface area contributed by atoms with E-state index >= 15 is 0 Å². The van der Waals surface area contributed by atoms with E-state index in [1.54, 1.807) is 0 Å². The smallest absolute Gasteiger partial charge is 0.253 e. The predicted octanol–water partition coefficient (Wildman–Crippen LogP) is 4.41. The Labute approximate surface area is 118 Å². The fourth-order valence-corrected chi connectivity index (χ4v) is 2.68. The first-order valence-corrected chi connectivity index (χ1v) is 6.63. The molecule has 2 aromatic rings. The number of anilines is 1. The largest absolute Gasteiger partial charge is 0.399 e.